The Kier molecular flexibility index (Phi) is 5.44. The lowest BCUT2D eigenvalue weighted by molar-refractivity contribution is -0.251. The van der Waals surface area contributed by atoms with E-state index in [1.54, 1.807) is 13.8 Å². The molecule has 4 fully saturated rings. The highest BCUT2D eigenvalue weighted by molar-refractivity contribution is 6.29. The molecule has 1 N–H and O–H groups in total. The molecule has 8 heteroatoms. The molecule has 5 rings (SSSR count). The first-order valence-corrected chi connectivity index (χ1v) is 13.0. The lowest BCUT2D eigenvalue weighted by atomic mass is 9.43. The van der Waals surface area contributed by atoms with Crippen LogP contribution in [0.2, 0.25) is 0 Å². The maximum Gasteiger partial charge on any atom is 0.303 e. The van der Waals surface area contributed by atoms with Gasteiger partial charge in [0, 0.05) is 23.7 Å². The van der Waals surface area contributed by atoms with Crippen LogP contribution in [-0.2, 0) is 23.8 Å². The summed E-state index contributed by atoms with van der Waals surface area (Å²) in [4.78, 5) is 24.8. The van der Waals surface area contributed by atoms with E-state index in [-0.39, 0.29) is 36.1 Å². The zero-order chi connectivity index (χ0) is 24.9. The van der Waals surface area contributed by atoms with Gasteiger partial charge < -0.3 is 19.3 Å². The van der Waals surface area contributed by atoms with Crippen LogP contribution in [0.3, 0.4) is 0 Å². The Labute approximate surface area is 205 Å². The second-order valence-corrected chi connectivity index (χ2v) is 12.3. The van der Waals surface area contributed by atoms with Gasteiger partial charge in [-0.25, -0.2) is 4.39 Å². The van der Waals surface area contributed by atoms with Crippen molar-refractivity contribution in [3.8, 4) is 0 Å². The minimum Gasteiger partial charge on any atom is -0.458 e. The van der Waals surface area contributed by atoms with Crippen LogP contribution in [0, 0.1) is 22.7 Å². The van der Waals surface area contributed by atoms with Crippen molar-refractivity contribution in [3.63, 3.8) is 0 Å². The molecule has 0 amide bonds. The van der Waals surface area contributed by atoms with Crippen LogP contribution in [-0.4, -0.2) is 58.1 Å². The number of hydrogen-bond donors (Lipinski definition) is 1. The van der Waals surface area contributed by atoms with E-state index in [0.717, 1.165) is 5.57 Å². The van der Waals surface area contributed by atoms with Gasteiger partial charge in [-0.2, -0.15) is 0 Å². The van der Waals surface area contributed by atoms with Gasteiger partial charge in [0.1, 0.15) is 11.8 Å². The maximum atomic E-state index is 17.5. The molecule has 3 saturated carbocycles. The zero-order valence-electron chi connectivity index (χ0n) is 20.7. The molecule has 0 unspecified atom stereocenters. The van der Waals surface area contributed by atoms with Gasteiger partial charge in [0.15, 0.2) is 17.2 Å². The second kappa shape index (κ2) is 7.50. The van der Waals surface area contributed by atoms with Crippen molar-refractivity contribution in [1.29, 1.82) is 0 Å². The summed E-state index contributed by atoms with van der Waals surface area (Å²) < 4.78 is 35.5. The van der Waals surface area contributed by atoms with Gasteiger partial charge in [0.25, 0.3) is 0 Å². The number of ketones is 1. The summed E-state index contributed by atoms with van der Waals surface area (Å²) in [5.74, 6) is -2.43. The fourth-order valence-corrected chi connectivity index (χ4v) is 8.91. The standard InChI is InChI=1S/C26H36ClFO6/c1-14(29)32-16-8-9-23(4)15(10-16)6-7-17-18-11-21-26(20(31)13-27,34-22(2,3)33-21)24(18,5)12-19(30)25(17,23)28/h10,16-19,21,30H,6-9,11-13H2,1-5H3/t16-,17-,18-,19-,21+,23-,24-,25-,26+/m0/s1. The van der Waals surface area contributed by atoms with Crippen molar-refractivity contribution in [3.05, 3.63) is 11.6 Å². The van der Waals surface area contributed by atoms with Crippen LogP contribution >= 0.6 is 11.6 Å². The van der Waals surface area contributed by atoms with E-state index in [2.05, 4.69) is 0 Å². The summed E-state index contributed by atoms with van der Waals surface area (Å²) in [5, 5.41) is 11.6. The van der Waals surface area contributed by atoms with Crippen molar-refractivity contribution in [2.75, 3.05) is 5.88 Å². The number of carbonyl (C=O) groups is 2. The smallest absolute Gasteiger partial charge is 0.303 e. The molecular weight excluding hydrogens is 463 g/mol. The van der Waals surface area contributed by atoms with Crippen molar-refractivity contribution < 1.29 is 33.3 Å². The number of Topliss-reactive ketones (excluding diaryl/α,β-unsaturated/α-hetero) is 1. The van der Waals surface area contributed by atoms with Crippen LogP contribution in [0.15, 0.2) is 11.6 Å². The van der Waals surface area contributed by atoms with Crippen LogP contribution in [0.1, 0.15) is 73.1 Å². The molecule has 190 valence electrons. The number of aliphatic hydroxyl groups is 1. The predicted octanol–water partition coefficient (Wildman–Crippen LogP) is 4.25. The van der Waals surface area contributed by atoms with E-state index < -0.39 is 46.0 Å². The number of allylic oxidation sites excluding steroid dienone is 1. The van der Waals surface area contributed by atoms with E-state index in [1.807, 2.05) is 19.9 Å². The number of fused-ring (bicyclic) bond motifs is 7. The van der Waals surface area contributed by atoms with Crippen molar-refractivity contribution >= 4 is 23.4 Å². The Hall–Kier alpha value is -1.02. The minimum absolute atomic E-state index is 0.0967. The molecule has 9 atom stereocenters. The van der Waals surface area contributed by atoms with Gasteiger partial charge in [0.2, 0.25) is 0 Å². The number of aliphatic hydroxyl groups excluding tert-OH is 1. The summed E-state index contributed by atoms with van der Waals surface area (Å²) in [6.07, 6.45) is 2.55. The Balaban J connectivity index is 1.56. The van der Waals surface area contributed by atoms with Crippen molar-refractivity contribution in [2.24, 2.45) is 22.7 Å². The fraction of sp³-hybridized carbons (Fsp3) is 0.846. The summed E-state index contributed by atoms with van der Waals surface area (Å²) in [5.41, 5.74) is -3.90. The number of carbonyl (C=O) groups excluding carboxylic acids is 2. The molecule has 0 aromatic carbocycles. The molecule has 1 heterocycles. The van der Waals surface area contributed by atoms with Crippen LogP contribution in [0.5, 0.6) is 0 Å². The molecule has 0 aromatic rings. The molecule has 1 aliphatic heterocycles. The normalized spacial score (nSPS) is 50.9. The molecule has 5 aliphatic rings. The number of rotatable bonds is 3. The highest BCUT2D eigenvalue weighted by Crippen LogP contribution is 2.72. The Morgan fingerprint density at radius 2 is 1.94 bits per heavy atom. The molecule has 34 heavy (non-hydrogen) atoms. The van der Waals surface area contributed by atoms with Crippen LogP contribution in [0.25, 0.3) is 0 Å². The van der Waals surface area contributed by atoms with Crippen molar-refractivity contribution in [1.82, 2.24) is 0 Å². The average Bonchev–Trinajstić information content (AvgIpc) is 3.15. The predicted molar refractivity (Wildman–Crippen MR) is 123 cm³/mol. The molecule has 0 aromatic heterocycles. The van der Waals surface area contributed by atoms with E-state index in [9.17, 15) is 14.7 Å². The lowest BCUT2D eigenvalue weighted by Gasteiger charge is -2.64. The Morgan fingerprint density at radius 3 is 2.59 bits per heavy atom. The summed E-state index contributed by atoms with van der Waals surface area (Å²) >= 11 is 6.08. The van der Waals surface area contributed by atoms with Gasteiger partial charge in [0.05, 0.1) is 18.1 Å². The molecule has 0 bridgehead atoms. The third kappa shape index (κ3) is 2.90. The first-order valence-electron chi connectivity index (χ1n) is 12.5. The monoisotopic (exact) mass is 498 g/mol. The number of halogens is 2. The Morgan fingerprint density at radius 1 is 1.24 bits per heavy atom. The molecule has 1 saturated heterocycles. The highest BCUT2D eigenvalue weighted by Gasteiger charge is 2.80. The van der Waals surface area contributed by atoms with Gasteiger partial charge in [-0.05, 0) is 64.4 Å². The zero-order valence-corrected chi connectivity index (χ0v) is 21.4. The topological polar surface area (TPSA) is 82.1 Å². The second-order valence-electron chi connectivity index (χ2n) is 12.0. The van der Waals surface area contributed by atoms with E-state index >= 15 is 4.39 Å². The van der Waals surface area contributed by atoms with Crippen molar-refractivity contribution in [2.45, 2.75) is 109 Å². The third-order valence-electron chi connectivity index (χ3n) is 10.00. The van der Waals surface area contributed by atoms with E-state index in [0.29, 0.717) is 32.1 Å². The SMILES string of the molecule is CC(=O)O[C@@H]1C=C2CC[C@H]3[C@@H]4C[C@H]5OC(C)(C)O[C@@]5(C(=O)CCl)[C@@]4(C)C[C@H](O)[C@]3(F)[C@@]2(C)CC1. The quantitative estimate of drug-likeness (QED) is 0.356. The summed E-state index contributed by atoms with van der Waals surface area (Å²) in [6.45, 7) is 8.82. The number of esters is 1. The first-order chi connectivity index (χ1) is 15.7. The molecule has 6 nitrogen and oxygen atoms in total. The maximum absolute atomic E-state index is 17.5. The fourth-order valence-electron chi connectivity index (χ4n) is 8.71. The molecule has 4 aliphatic carbocycles. The van der Waals surface area contributed by atoms with Crippen LogP contribution in [0.4, 0.5) is 4.39 Å². The van der Waals surface area contributed by atoms with Gasteiger partial charge in [-0.3, -0.25) is 9.59 Å². The van der Waals surface area contributed by atoms with Gasteiger partial charge >= 0.3 is 5.97 Å². The summed E-state index contributed by atoms with van der Waals surface area (Å²) in [6, 6.07) is 0. The van der Waals surface area contributed by atoms with E-state index in [1.165, 1.54) is 6.92 Å². The number of hydrogen-bond acceptors (Lipinski definition) is 6. The first kappa shape index (κ1) is 24.7. The summed E-state index contributed by atoms with van der Waals surface area (Å²) in [7, 11) is 0. The molecule has 0 spiro atoms. The largest absolute Gasteiger partial charge is 0.458 e. The van der Waals surface area contributed by atoms with E-state index in [4.69, 9.17) is 25.8 Å². The minimum atomic E-state index is -1.86. The van der Waals surface area contributed by atoms with Gasteiger partial charge in [-0.1, -0.05) is 19.4 Å². The number of alkyl halides is 2. The molecular formula is C26H36ClFO6. The molecule has 0 radical (unpaired) electrons. The average molecular weight is 499 g/mol. The van der Waals surface area contributed by atoms with Crippen LogP contribution < -0.4 is 0 Å². The Bertz CT molecular complexity index is 952. The number of ether oxygens (including phenoxy) is 3. The lowest BCUT2D eigenvalue weighted by Crippen LogP contribution is -2.70. The third-order valence-corrected chi connectivity index (χ3v) is 10.2. The van der Waals surface area contributed by atoms with Gasteiger partial charge in [-0.15, -0.1) is 11.6 Å². The highest BCUT2D eigenvalue weighted by atomic mass is 35.5.